The molecule has 0 aromatic heterocycles. The van der Waals surface area contributed by atoms with Crippen molar-refractivity contribution in [1.82, 2.24) is 15.1 Å². The molecule has 0 atom stereocenters. The quantitative estimate of drug-likeness (QED) is 0.850. The van der Waals surface area contributed by atoms with Crippen LogP contribution < -0.4 is 5.32 Å². The van der Waals surface area contributed by atoms with E-state index in [0.29, 0.717) is 35.5 Å². The van der Waals surface area contributed by atoms with Crippen LogP contribution in [-0.2, 0) is 0 Å². The number of fused-ring (bicyclic) bond motifs is 1. The van der Waals surface area contributed by atoms with Crippen LogP contribution in [0.15, 0.2) is 59.9 Å². The summed E-state index contributed by atoms with van der Waals surface area (Å²) in [4.78, 5) is 43.8. The molecule has 6 nitrogen and oxygen atoms in total. The SMILES string of the molecule is CCN1CCN(C2=C(NC(=O)c3ccc(C)cc3)C(=O)c3ccccc3C2=O)CC1. The summed E-state index contributed by atoms with van der Waals surface area (Å²) < 4.78 is 0. The molecular formula is C24H25N3O3. The Morgan fingerprint density at radius 1 is 0.900 bits per heavy atom. The van der Waals surface area contributed by atoms with Crippen LogP contribution in [-0.4, -0.2) is 60.0 Å². The lowest BCUT2D eigenvalue weighted by atomic mass is 9.89. The molecule has 1 amide bonds. The lowest BCUT2D eigenvalue weighted by Crippen LogP contribution is -2.49. The van der Waals surface area contributed by atoms with Gasteiger partial charge in [0.15, 0.2) is 0 Å². The van der Waals surface area contributed by atoms with E-state index < -0.39 is 5.91 Å². The first-order valence-electron chi connectivity index (χ1n) is 10.3. The Labute approximate surface area is 176 Å². The maximum atomic E-state index is 13.4. The van der Waals surface area contributed by atoms with Crippen LogP contribution >= 0.6 is 0 Å². The van der Waals surface area contributed by atoms with E-state index in [4.69, 9.17) is 0 Å². The van der Waals surface area contributed by atoms with E-state index in [2.05, 4.69) is 17.1 Å². The minimum absolute atomic E-state index is 0.0780. The van der Waals surface area contributed by atoms with Crippen molar-refractivity contribution in [2.45, 2.75) is 13.8 Å². The number of aryl methyl sites for hydroxylation is 1. The first kappa shape index (κ1) is 20.0. The molecule has 0 radical (unpaired) electrons. The number of ketones is 2. The van der Waals surface area contributed by atoms with Crippen LogP contribution in [0.1, 0.15) is 43.6 Å². The second-order valence-electron chi connectivity index (χ2n) is 7.67. The van der Waals surface area contributed by atoms with Gasteiger partial charge in [-0.25, -0.2) is 0 Å². The fraction of sp³-hybridized carbons (Fsp3) is 0.292. The topological polar surface area (TPSA) is 69.7 Å². The molecule has 1 N–H and O–H groups in total. The Hall–Kier alpha value is -3.25. The number of rotatable bonds is 4. The van der Waals surface area contributed by atoms with E-state index in [1.165, 1.54) is 0 Å². The van der Waals surface area contributed by atoms with Gasteiger partial charge < -0.3 is 15.1 Å². The van der Waals surface area contributed by atoms with Crippen molar-refractivity contribution < 1.29 is 14.4 Å². The number of carbonyl (C=O) groups is 3. The van der Waals surface area contributed by atoms with Crippen LogP contribution in [0.25, 0.3) is 0 Å². The maximum absolute atomic E-state index is 13.4. The summed E-state index contributed by atoms with van der Waals surface area (Å²) in [6.07, 6.45) is 0. The van der Waals surface area contributed by atoms with Crippen molar-refractivity contribution in [3.63, 3.8) is 0 Å². The second kappa shape index (κ2) is 8.24. The number of likely N-dealkylation sites (N-methyl/N-ethyl adjacent to an activating group) is 1. The van der Waals surface area contributed by atoms with Crippen LogP contribution in [0, 0.1) is 6.92 Å². The highest BCUT2D eigenvalue weighted by Gasteiger charge is 2.36. The lowest BCUT2D eigenvalue weighted by Gasteiger charge is -2.38. The number of amides is 1. The zero-order valence-corrected chi connectivity index (χ0v) is 17.3. The van der Waals surface area contributed by atoms with Gasteiger partial charge in [0, 0.05) is 42.9 Å². The molecule has 0 spiro atoms. The Morgan fingerprint density at radius 3 is 2.10 bits per heavy atom. The van der Waals surface area contributed by atoms with Gasteiger partial charge in [-0.2, -0.15) is 0 Å². The molecule has 30 heavy (non-hydrogen) atoms. The zero-order valence-electron chi connectivity index (χ0n) is 17.3. The molecule has 0 bridgehead atoms. The van der Waals surface area contributed by atoms with Crippen LogP contribution in [0.4, 0.5) is 0 Å². The number of carbonyl (C=O) groups excluding carboxylic acids is 3. The summed E-state index contributed by atoms with van der Waals surface area (Å²) in [5.74, 6) is -0.928. The molecule has 0 unspecified atom stereocenters. The van der Waals surface area contributed by atoms with Gasteiger partial charge in [-0.1, -0.05) is 48.9 Å². The largest absolute Gasteiger partial charge is 0.364 e. The predicted molar refractivity (Wildman–Crippen MR) is 114 cm³/mol. The predicted octanol–water partition coefficient (Wildman–Crippen LogP) is 2.65. The lowest BCUT2D eigenvalue weighted by molar-refractivity contribution is 0.0879. The number of hydrogen-bond donors (Lipinski definition) is 1. The third kappa shape index (κ3) is 3.66. The zero-order chi connectivity index (χ0) is 21.3. The molecule has 1 fully saturated rings. The van der Waals surface area contributed by atoms with Gasteiger partial charge in [-0.15, -0.1) is 0 Å². The van der Waals surface area contributed by atoms with Crippen LogP contribution in [0.2, 0.25) is 0 Å². The molecule has 1 aliphatic carbocycles. The van der Waals surface area contributed by atoms with E-state index in [9.17, 15) is 14.4 Å². The van der Waals surface area contributed by atoms with Crippen molar-refractivity contribution in [2.75, 3.05) is 32.7 Å². The summed E-state index contributed by atoms with van der Waals surface area (Å²) in [6, 6.07) is 13.9. The minimum atomic E-state index is -0.393. The third-order valence-corrected chi connectivity index (χ3v) is 5.78. The number of nitrogens with one attached hydrogen (secondary N) is 1. The Morgan fingerprint density at radius 2 is 1.50 bits per heavy atom. The van der Waals surface area contributed by atoms with Crippen molar-refractivity contribution in [2.24, 2.45) is 0 Å². The van der Waals surface area contributed by atoms with Crippen LogP contribution in [0.5, 0.6) is 0 Å². The summed E-state index contributed by atoms with van der Waals surface area (Å²) in [5, 5.41) is 2.76. The van der Waals surface area contributed by atoms with Crippen molar-refractivity contribution in [1.29, 1.82) is 0 Å². The van der Waals surface area contributed by atoms with Crippen molar-refractivity contribution in [3.05, 3.63) is 82.2 Å². The van der Waals surface area contributed by atoms with Gasteiger partial charge in [0.1, 0.15) is 11.4 Å². The molecule has 2 aromatic rings. The van der Waals surface area contributed by atoms with E-state index >= 15 is 0 Å². The van der Waals surface area contributed by atoms with E-state index in [1.807, 2.05) is 24.0 Å². The summed E-state index contributed by atoms with van der Waals surface area (Å²) in [5.41, 5.74) is 2.59. The molecule has 1 heterocycles. The molecule has 4 rings (SSSR count). The van der Waals surface area contributed by atoms with Gasteiger partial charge >= 0.3 is 0 Å². The molecule has 2 aliphatic rings. The molecule has 1 saturated heterocycles. The van der Waals surface area contributed by atoms with Gasteiger partial charge in [-0.05, 0) is 25.6 Å². The fourth-order valence-electron chi connectivity index (χ4n) is 3.96. The van der Waals surface area contributed by atoms with E-state index in [-0.39, 0.29) is 17.3 Å². The fourth-order valence-corrected chi connectivity index (χ4v) is 3.96. The molecular weight excluding hydrogens is 378 g/mol. The highest BCUT2D eigenvalue weighted by atomic mass is 16.2. The van der Waals surface area contributed by atoms with Gasteiger partial charge in [0.05, 0.1) is 0 Å². The maximum Gasteiger partial charge on any atom is 0.255 e. The monoisotopic (exact) mass is 403 g/mol. The van der Waals surface area contributed by atoms with E-state index in [0.717, 1.165) is 25.2 Å². The van der Waals surface area contributed by atoms with Crippen LogP contribution in [0.3, 0.4) is 0 Å². The molecule has 2 aromatic carbocycles. The van der Waals surface area contributed by atoms with E-state index in [1.54, 1.807) is 36.4 Å². The number of piperazine rings is 1. The Kier molecular flexibility index (Phi) is 5.50. The number of allylic oxidation sites excluding steroid dienone is 2. The number of hydrogen-bond acceptors (Lipinski definition) is 5. The molecule has 0 saturated carbocycles. The van der Waals surface area contributed by atoms with Crippen molar-refractivity contribution in [3.8, 4) is 0 Å². The molecule has 1 aliphatic heterocycles. The summed E-state index contributed by atoms with van der Waals surface area (Å²) in [6.45, 7) is 7.87. The summed E-state index contributed by atoms with van der Waals surface area (Å²) in [7, 11) is 0. The smallest absolute Gasteiger partial charge is 0.255 e. The highest BCUT2D eigenvalue weighted by Crippen LogP contribution is 2.28. The first-order chi connectivity index (χ1) is 14.5. The number of benzene rings is 2. The third-order valence-electron chi connectivity index (χ3n) is 5.78. The Bertz CT molecular complexity index is 1030. The van der Waals surface area contributed by atoms with Crippen molar-refractivity contribution >= 4 is 17.5 Å². The van der Waals surface area contributed by atoms with Gasteiger partial charge in [0.25, 0.3) is 5.91 Å². The minimum Gasteiger partial charge on any atom is -0.364 e. The second-order valence-corrected chi connectivity index (χ2v) is 7.67. The molecule has 6 heteroatoms. The molecule has 154 valence electrons. The normalized spacial score (nSPS) is 17.2. The summed E-state index contributed by atoms with van der Waals surface area (Å²) >= 11 is 0. The standard InChI is InChI=1S/C24H25N3O3/c1-3-26-12-14-27(15-13-26)21-20(25-24(30)17-10-8-16(2)9-11-17)22(28)18-6-4-5-7-19(18)23(21)29/h4-11H,3,12-15H2,1-2H3,(H,25,30). The number of nitrogens with zero attached hydrogens (tertiary/aromatic N) is 2. The van der Waals surface area contributed by atoms with Gasteiger partial charge in [-0.3, -0.25) is 14.4 Å². The highest BCUT2D eigenvalue weighted by molar-refractivity contribution is 6.27. The Balaban J connectivity index is 1.73. The first-order valence-corrected chi connectivity index (χ1v) is 10.3. The van der Waals surface area contributed by atoms with Gasteiger partial charge in [0.2, 0.25) is 11.6 Å². The average molecular weight is 403 g/mol. The average Bonchev–Trinajstić information content (AvgIpc) is 2.78. The number of Topliss-reactive ketones (excluding diaryl/α,β-unsaturated/α-hetero) is 2.